The van der Waals surface area contributed by atoms with E-state index in [1.165, 1.54) is 93.0 Å². The van der Waals surface area contributed by atoms with Crippen LogP contribution in [0.4, 0.5) is 0 Å². The highest BCUT2D eigenvalue weighted by atomic mass is 14.8. The number of aromatic amines is 2. The number of hydrogen-bond donors (Lipinski definition) is 2. The third kappa shape index (κ3) is 5.80. The molecule has 202 valence electrons. The summed E-state index contributed by atoms with van der Waals surface area (Å²) in [5.74, 6) is 0. The van der Waals surface area contributed by atoms with Crippen LogP contribution in [0.1, 0.15) is 114 Å². The van der Waals surface area contributed by atoms with Gasteiger partial charge in [-0.2, -0.15) is 0 Å². The minimum absolute atomic E-state index is 1.04. The Morgan fingerprint density at radius 3 is 1.37 bits per heavy atom. The molecule has 4 nitrogen and oxygen atoms in total. The largest absolute Gasteiger partial charge is 0.361 e. The van der Waals surface area contributed by atoms with Crippen LogP contribution in [-0.2, 0) is 12.8 Å². The van der Waals surface area contributed by atoms with Crippen molar-refractivity contribution >= 4 is 23.6 Å². The topological polar surface area (TPSA) is 56.3 Å². The lowest BCUT2D eigenvalue weighted by Crippen LogP contribution is -1.96. The van der Waals surface area contributed by atoms with Crippen LogP contribution in [0.15, 0.2) is 56.1 Å². The molecule has 2 aromatic rings. The summed E-state index contributed by atoms with van der Waals surface area (Å²) < 4.78 is 0. The van der Waals surface area contributed by atoms with Gasteiger partial charge in [0.25, 0.3) is 0 Å². The molecular formula is C34H46N4. The Balaban J connectivity index is 1.29. The van der Waals surface area contributed by atoms with Crippen molar-refractivity contribution in [1.29, 1.82) is 0 Å². The Hall–Kier alpha value is -3.14. The van der Waals surface area contributed by atoms with Gasteiger partial charge >= 0.3 is 0 Å². The number of aliphatic imine (C=N–C) groups is 2. The lowest BCUT2D eigenvalue weighted by atomic mass is 9.96. The van der Waals surface area contributed by atoms with E-state index in [0.717, 1.165) is 37.1 Å². The number of unbranched alkanes of at least 4 members (excludes halogenated alkanes) is 3. The third-order valence-corrected chi connectivity index (χ3v) is 8.49. The lowest BCUT2D eigenvalue weighted by molar-refractivity contribution is 0.644. The third-order valence-electron chi connectivity index (χ3n) is 8.49. The molecule has 0 aromatic carbocycles. The summed E-state index contributed by atoms with van der Waals surface area (Å²) in [5, 5.41) is 0. The molecule has 0 saturated heterocycles. The van der Waals surface area contributed by atoms with Crippen molar-refractivity contribution in [3.05, 3.63) is 79.7 Å². The van der Waals surface area contributed by atoms with Crippen molar-refractivity contribution in [1.82, 2.24) is 9.97 Å². The van der Waals surface area contributed by atoms with Crippen LogP contribution in [0.3, 0.4) is 0 Å². The van der Waals surface area contributed by atoms with Gasteiger partial charge in [-0.05, 0) is 137 Å². The fourth-order valence-electron chi connectivity index (χ4n) is 6.11. The summed E-state index contributed by atoms with van der Waals surface area (Å²) in [5.41, 5.74) is 18.1. The molecule has 2 aliphatic rings. The van der Waals surface area contributed by atoms with Crippen molar-refractivity contribution in [2.24, 2.45) is 9.98 Å². The second-order valence-electron chi connectivity index (χ2n) is 11.0. The van der Waals surface area contributed by atoms with Crippen LogP contribution in [-0.4, -0.2) is 21.4 Å². The minimum atomic E-state index is 1.04. The van der Waals surface area contributed by atoms with E-state index in [-0.39, 0.29) is 0 Å². The zero-order valence-electron chi connectivity index (χ0n) is 24.9. The number of nitrogens with one attached hydrogen (secondary N) is 2. The number of rotatable bonds is 11. The number of nitrogens with zero attached hydrogens (tertiary/aromatic N) is 2. The van der Waals surface area contributed by atoms with E-state index in [2.05, 4.69) is 89.9 Å². The van der Waals surface area contributed by atoms with E-state index in [1.54, 1.807) is 0 Å². The van der Waals surface area contributed by atoms with Gasteiger partial charge in [-0.25, -0.2) is 0 Å². The maximum absolute atomic E-state index is 4.92. The minimum Gasteiger partial charge on any atom is -0.361 e. The average molecular weight is 511 g/mol. The summed E-state index contributed by atoms with van der Waals surface area (Å²) in [4.78, 5) is 16.7. The van der Waals surface area contributed by atoms with Crippen molar-refractivity contribution in [2.75, 3.05) is 0 Å². The van der Waals surface area contributed by atoms with Gasteiger partial charge in [0.15, 0.2) is 0 Å². The van der Waals surface area contributed by atoms with Crippen LogP contribution in [0, 0.1) is 13.8 Å². The number of aryl methyl sites for hydroxylation is 2. The van der Waals surface area contributed by atoms with Crippen molar-refractivity contribution < 1.29 is 0 Å². The standard InChI is InChI=1S/C34H46N4/c1-9-27-21(3)19-35-33(27)17-31-23(5)29(25(7)37-31)15-13-11-12-14-16-30-24(6)32(38-26(30)8)18-34-28(10-2)22(4)20-36-34/h17-20,35-36H,9-16H2,1-8H3/b31-17-,32-18+. The molecule has 0 spiro atoms. The summed E-state index contributed by atoms with van der Waals surface area (Å²) in [6.07, 6.45) is 18.0. The molecule has 2 aromatic heterocycles. The Labute approximate surface area is 229 Å². The first kappa shape index (κ1) is 27.9. The molecule has 0 unspecified atom stereocenters. The Kier molecular flexibility index (Phi) is 8.91. The smallest absolute Gasteiger partial charge is 0.0686 e. The van der Waals surface area contributed by atoms with Crippen molar-refractivity contribution in [2.45, 2.75) is 107 Å². The van der Waals surface area contributed by atoms with E-state index in [4.69, 9.17) is 9.98 Å². The van der Waals surface area contributed by atoms with Crippen LogP contribution in [0.5, 0.6) is 0 Å². The summed E-state index contributed by atoms with van der Waals surface area (Å²) >= 11 is 0. The quantitative estimate of drug-likeness (QED) is 0.283. The maximum Gasteiger partial charge on any atom is 0.0686 e. The molecule has 0 saturated carbocycles. The van der Waals surface area contributed by atoms with Crippen LogP contribution >= 0.6 is 0 Å². The maximum atomic E-state index is 4.92. The van der Waals surface area contributed by atoms with Gasteiger partial charge in [-0.1, -0.05) is 26.7 Å². The van der Waals surface area contributed by atoms with E-state index in [9.17, 15) is 0 Å². The predicted octanol–water partition coefficient (Wildman–Crippen LogP) is 9.39. The molecule has 0 atom stereocenters. The van der Waals surface area contributed by atoms with E-state index >= 15 is 0 Å². The highest BCUT2D eigenvalue weighted by Gasteiger charge is 2.20. The highest BCUT2D eigenvalue weighted by Crippen LogP contribution is 2.33. The first-order valence-corrected chi connectivity index (χ1v) is 14.5. The number of hydrogen-bond acceptors (Lipinski definition) is 2. The van der Waals surface area contributed by atoms with Crippen molar-refractivity contribution in [3.8, 4) is 0 Å². The fourth-order valence-corrected chi connectivity index (χ4v) is 6.11. The average Bonchev–Trinajstić information content (AvgIpc) is 3.58. The predicted molar refractivity (Wildman–Crippen MR) is 165 cm³/mol. The molecule has 4 heteroatoms. The zero-order valence-corrected chi connectivity index (χ0v) is 24.9. The van der Waals surface area contributed by atoms with Gasteiger partial charge in [0.05, 0.1) is 11.4 Å². The SMILES string of the molecule is CCc1c(C)c[nH]c1/C=C1\N=C(C)C(CCCCCCC2=C(C)/C(=C\c3[nH]cc(C)c3CC)N=C2C)=C1C. The van der Waals surface area contributed by atoms with Crippen LogP contribution in [0.2, 0.25) is 0 Å². The van der Waals surface area contributed by atoms with Gasteiger partial charge in [-0.3, -0.25) is 9.98 Å². The molecule has 0 amide bonds. The van der Waals surface area contributed by atoms with E-state index in [1.807, 2.05) is 0 Å². The van der Waals surface area contributed by atoms with Gasteiger partial charge in [0.1, 0.15) is 0 Å². The second kappa shape index (κ2) is 12.1. The first-order valence-electron chi connectivity index (χ1n) is 14.5. The molecule has 4 heterocycles. The highest BCUT2D eigenvalue weighted by molar-refractivity contribution is 6.04. The molecule has 2 aliphatic heterocycles. The summed E-state index contributed by atoms with van der Waals surface area (Å²) in [7, 11) is 0. The molecular weight excluding hydrogens is 464 g/mol. The monoisotopic (exact) mass is 510 g/mol. The number of allylic oxidation sites excluding steroid dienone is 4. The van der Waals surface area contributed by atoms with Gasteiger partial charge < -0.3 is 9.97 Å². The fraction of sp³-hybridized carbons (Fsp3) is 0.471. The Morgan fingerprint density at radius 2 is 1.00 bits per heavy atom. The Morgan fingerprint density at radius 1 is 0.605 bits per heavy atom. The molecule has 0 bridgehead atoms. The number of aromatic nitrogens is 2. The summed E-state index contributed by atoms with van der Waals surface area (Å²) in [6, 6.07) is 0. The van der Waals surface area contributed by atoms with E-state index < -0.39 is 0 Å². The zero-order chi connectivity index (χ0) is 27.4. The molecule has 38 heavy (non-hydrogen) atoms. The molecule has 2 N–H and O–H groups in total. The van der Waals surface area contributed by atoms with Gasteiger partial charge in [-0.15, -0.1) is 0 Å². The molecule has 0 fully saturated rings. The van der Waals surface area contributed by atoms with Gasteiger partial charge in [0, 0.05) is 35.2 Å². The molecule has 0 radical (unpaired) electrons. The molecule has 4 rings (SSSR count). The van der Waals surface area contributed by atoms with Gasteiger partial charge in [0.2, 0.25) is 0 Å². The number of H-pyrrole nitrogens is 2. The lowest BCUT2D eigenvalue weighted by Gasteiger charge is -2.07. The van der Waals surface area contributed by atoms with E-state index in [0.29, 0.717) is 0 Å². The van der Waals surface area contributed by atoms with Crippen LogP contribution < -0.4 is 0 Å². The second-order valence-corrected chi connectivity index (χ2v) is 11.0. The first-order chi connectivity index (χ1) is 18.2. The van der Waals surface area contributed by atoms with Crippen molar-refractivity contribution in [3.63, 3.8) is 0 Å². The normalized spacial score (nSPS) is 18.0. The molecule has 0 aliphatic carbocycles. The van der Waals surface area contributed by atoms with Crippen LogP contribution in [0.25, 0.3) is 12.2 Å². The summed E-state index contributed by atoms with van der Waals surface area (Å²) in [6.45, 7) is 17.6. The Bertz CT molecular complexity index is 1270.